The Morgan fingerprint density at radius 2 is 1.55 bits per heavy atom. The molecule has 1 aliphatic heterocycles. The van der Waals surface area contributed by atoms with Gasteiger partial charge in [-0.05, 0) is 45.0 Å². The topological polar surface area (TPSA) is 129 Å². The molecule has 1 heterocycles. The van der Waals surface area contributed by atoms with Crippen LogP contribution in [0.4, 0.5) is 11.4 Å². The third-order valence-corrected chi connectivity index (χ3v) is 3.88. The summed E-state index contributed by atoms with van der Waals surface area (Å²) in [6.07, 6.45) is 1.45. The van der Waals surface area contributed by atoms with Crippen molar-refractivity contribution in [1.29, 1.82) is 0 Å². The number of rotatable bonds is 12. The summed E-state index contributed by atoms with van der Waals surface area (Å²) in [6, 6.07) is 5.97. The van der Waals surface area contributed by atoms with Gasteiger partial charge in [-0.1, -0.05) is 0 Å². The second-order valence-electron chi connectivity index (χ2n) is 7.44. The summed E-state index contributed by atoms with van der Waals surface area (Å²) >= 11 is 0. The standard InChI is InChI=1S/C19H25N5O7/c1-19(2,3)30-21(12-25)11-10-20-22(13-26)15-4-6-16(7-5-15)23(14-27)31-24-17(28)8-9-18(24)29/h4-7,12-14,20H,8-11H2,1-3H3. The molecule has 0 saturated carbocycles. The highest BCUT2D eigenvalue weighted by Crippen LogP contribution is 2.21. The average molecular weight is 435 g/mol. The minimum absolute atomic E-state index is 0.0206. The van der Waals surface area contributed by atoms with Gasteiger partial charge in [-0.3, -0.25) is 28.8 Å². The van der Waals surface area contributed by atoms with Crippen molar-refractivity contribution in [2.45, 2.75) is 39.2 Å². The number of nitrogens with one attached hydrogen (secondary N) is 1. The van der Waals surface area contributed by atoms with Crippen molar-refractivity contribution < 1.29 is 33.7 Å². The lowest BCUT2D eigenvalue weighted by atomic mass is 10.2. The maximum Gasteiger partial charge on any atom is 0.256 e. The summed E-state index contributed by atoms with van der Waals surface area (Å²) in [6.45, 7) is 5.82. The Labute approximate surface area is 179 Å². The molecule has 0 radical (unpaired) electrons. The molecule has 1 N–H and O–H groups in total. The van der Waals surface area contributed by atoms with Gasteiger partial charge in [-0.2, -0.15) is 5.06 Å². The number of hydrazine groups is 1. The van der Waals surface area contributed by atoms with Crippen LogP contribution in [0, 0.1) is 0 Å². The number of carbonyl (C=O) groups excluding carboxylic acids is 5. The molecule has 5 amide bonds. The van der Waals surface area contributed by atoms with Crippen LogP contribution in [-0.4, -0.2) is 59.9 Å². The summed E-state index contributed by atoms with van der Waals surface area (Å²) in [5, 5.41) is 3.58. The first kappa shape index (κ1) is 23.9. The first-order valence-corrected chi connectivity index (χ1v) is 9.46. The lowest BCUT2D eigenvalue weighted by molar-refractivity contribution is -0.215. The fourth-order valence-electron chi connectivity index (χ4n) is 2.56. The maximum atomic E-state index is 11.6. The fraction of sp³-hybridized carbons (Fsp3) is 0.421. The number of imide groups is 1. The number of hydrogen-bond donors (Lipinski definition) is 1. The molecule has 12 nitrogen and oxygen atoms in total. The maximum absolute atomic E-state index is 11.6. The Kier molecular flexibility index (Phi) is 8.19. The molecule has 2 rings (SSSR count). The third-order valence-electron chi connectivity index (χ3n) is 3.88. The van der Waals surface area contributed by atoms with Crippen LogP contribution in [0.1, 0.15) is 33.6 Å². The first-order chi connectivity index (χ1) is 14.7. The lowest BCUT2D eigenvalue weighted by Crippen LogP contribution is -2.43. The summed E-state index contributed by atoms with van der Waals surface area (Å²) < 4.78 is 0. The number of hydroxylamine groups is 5. The van der Waals surface area contributed by atoms with E-state index in [1.54, 1.807) is 20.8 Å². The van der Waals surface area contributed by atoms with Crippen molar-refractivity contribution in [1.82, 2.24) is 15.6 Å². The van der Waals surface area contributed by atoms with Crippen molar-refractivity contribution in [2.24, 2.45) is 0 Å². The predicted octanol–water partition coefficient (Wildman–Crippen LogP) is 0.301. The number of benzene rings is 1. The SMILES string of the molecule is CC(C)(C)ON(C=O)CCNN(C=O)c1ccc(N(C=O)ON2C(=O)CCC2=O)cc1. The molecule has 31 heavy (non-hydrogen) atoms. The van der Waals surface area contributed by atoms with Gasteiger partial charge in [0.05, 0.1) is 23.5 Å². The molecule has 0 aromatic heterocycles. The Hall–Kier alpha value is -3.35. The van der Waals surface area contributed by atoms with Crippen molar-refractivity contribution in [3.63, 3.8) is 0 Å². The quantitative estimate of drug-likeness (QED) is 0.282. The van der Waals surface area contributed by atoms with Crippen molar-refractivity contribution in [2.75, 3.05) is 23.2 Å². The highest BCUT2D eigenvalue weighted by Gasteiger charge is 2.32. The minimum atomic E-state index is -0.544. The first-order valence-electron chi connectivity index (χ1n) is 9.46. The van der Waals surface area contributed by atoms with E-state index in [4.69, 9.17) is 9.78 Å². The predicted molar refractivity (Wildman–Crippen MR) is 107 cm³/mol. The summed E-state index contributed by atoms with van der Waals surface area (Å²) in [5.74, 6) is -1.07. The number of nitrogens with zero attached hydrogens (tertiary/aromatic N) is 4. The zero-order valence-electron chi connectivity index (χ0n) is 17.5. The smallest absolute Gasteiger partial charge is 0.256 e. The average Bonchev–Trinajstić information content (AvgIpc) is 3.05. The number of hydrogen-bond acceptors (Lipinski definition) is 8. The normalized spacial score (nSPS) is 13.8. The molecule has 0 aliphatic carbocycles. The number of carbonyl (C=O) groups is 5. The van der Waals surface area contributed by atoms with Crippen molar-refractivity contribution >= 4 is 42.4 Å². The van der Waals surface area contributed by atoms with Gasteiger partial charge in [0, 0.05) is 19.4 Å². The summed E-state index contributed by atoms with van der Waals surface area (Å²) in [4.78, 5) is 67.7. The highest BCUT2D eigenvalue weighted by atomic mass is 16.8. The fourth-order valence-corrected chi connectivity index (χ4v) is 2.56. The van der Waals surface area contributed by atoms with E-state index in [0.717, 1.165) is 10.1 Å². The Morgan fingerprint density at radius 3 is 2.03 bits per heavy atom. The Bertz CT molecular complexity index is 793. The molecule has 12 heteroatoms. The van der Waals surface area contributed by atoms with Gasteiger partial charge in [0.1, 0.15) is 0 Å². The number of anilines is 2. The van der Waals surface area contributed by atoms with Gasteiger partial charge >= 0.3 is 0 Å². The van der Waals surface area contributed by atoms with Crippen LogP contribution in [0.15, 0.2) is 24.3 Å². The van der Waals surface area contributed by atoms with Crippen molar-refractivity contribution in [3.05, 3.63) is 24.3 Å². The largest absolute Gasteiger partial charge is 0.277 e. The van der Waals surface area contributed by atoms with Crippen LogP contribution < -0.4 is 15.5 Å². The second-order valence-corrected chi connectivity index (χ2v) is 7.44. The molecule has 1 saturated heterocycles. The highest BCUT2D eigenvalue weighted by molar-refractivity contribution is 6.00. The zero-order chi connectivity index (χ0) is 23.0. The van der Waals surface area contributed by atoms with Gasteiger partial charge < -0.3 is 0 Å². The molecule has 1 aromatic rings. The summed E-state index contributed by atoms with van der Waals surface area (Å²) in [7, 11) is 0. The molecule has 0 spiro atoms. The van der Waals surface area contributed by atoms with E-state index in [9.17, 15) is 24.0 Å². The van der Waals surface area contributed by atoms with E-state index in [1.165, 1.54) is 29.3 Å². The zero-order valence-corrected chi connectivity index (χ0v) is 17.5. The Balaban J connectivity index is 1.97. The summed E-state index contributed by atoms with van der Waals surface area (Å²) in [5.41, 5.74) is 2.97. The molecule has 0 atom stereocenters. The number of amides is 5. The van der Waals surface area contributed by atoms with Gasteiger partial charge in [-0.25, -0.2) is 15.5 Å². The van der Waals surface area contributed by atoms with E-state index in [2.05, 4.69) is 5.43 Å². The minimum Gasteiger partial charge on any atom is -0.277 e. The van der Waals surface area contributed by atoms with Crippen LogP contribution >= 0.6 is 0 Å². The second kappa shape index (κ2) is 10.6. The Morgan fingerprint density at radius 1 is 0.968 bits per heavy atom. The van der Waals surface area contributed by atoms with Crippen molar-refractivity contribution in [3.8, 4) is 0 Å². The van der Waals surface area contributed by atoms with E-state index < -0.39 is 17.4 Å². The molecule has 0 bridgehead atoms. The third kappa shape index (κ3) is 6.84. The van der Waals surface area contributed by atoms with Gasteiger partial charge in [-0.15, -0.1) is 10.0 Å². The van der Waals surface area contributed by atoms with Crippen LogP contribution in [0.3, 0.4) is 0 Å². The van der Waals surface area contributed by atoms with Gasteiger partial charge in [0.2, 0.25) is 19.2 Å². The molecule has 1 aliphatic rings. The molecule has 0 unspecified atom stereocenters. The van der Waals surface area contributed by atoms with E-state index >= 15 is 0 Å². The molecule has 1 fully saturated rings. The molecular formula is C19H25N5O7. The molecule has 168 valence electrons. The monoisotopic (exact) mass is 435 g/mol. The molecular weight excluding hydrogens is 410 g/mol. The van der Waals surface area contributed by atoms with E-state index in [-0.39, 0.29) is 31.6 Å². The van der Waals surface area contributed by atoms with Crippen LogP contribution in [0.2, 0.25) is 0 Å². The van der Waals surface area contributed by atoms with E-state index in [0.29, 0.717) is 30.0 Å². The van der Waals surface area contributed by atoms with E-state index in [1.807, 2.05) is 0 Å². The van der Waals surface area contributed by atoms with Crippen LogP contribution in [-0.2, 0) is 33.7 Å². The van der Waals surface area contributed by atoms with Gasteiger partial charge in [0.15, 0.2) is 0 Å². The van der Waals surface area contributed by atoms with Gasteiger partial charge in [0.25, 0.3) is 11.8 Å². The molecule has 1 aromatic carbocycles. The van der Waals surface area contributed by atoms with Crippen LogP contribution in [0.5, 0.6) is 0 Å². The lowest BCUT2D eigenvalue weighted by Gasteiger charge is -2.27. The van der Waals surface area contributed by atoms with Crippen LogP contribution in [0.25, 0.3) is 0 Å².